The second-order valence-electron chi connectivity index (χ2n) is 9.73. The molecule has 0 spiro atoms. The molecule has 1 aliphatic rings. The molecule has 1 aromatic carbocycles. The molecule has 3 aromatic heterocycles. The Bertz CT molecular complexity index is 1470. The Hall–Kier alpha value is -3.94. The summed E-state index contributed by atoms with van der Waals surface area (Å²) >= 11 is 0. The van der Waals surface area contributed by atoms with Gasteiger partial charge in [0.15, 0.2) is 5.65 Å². The van der Waals surface area contributed by atoms with Crippen molar-refractivity contribution in [3.8, 4) is 11.3 Å². The van der Waals surface area contributed by atoms with Crippen LogP contribution >= 0.6 is 0 Å². The number of rotatable bonds is 5. The maximum atomic E-state index is 13.7. The highest BCUT2D eigenvalue weighted by atomic mass is 16.3. The molecule has 8 nitrogen and oxygen atoms in total. The number of nitrogens with zero attached hydrogens (tertiary/aromatic N) is 4. The number of likely N-dealkylation sites (tertiary alicyclic amines) is 1. The number of nitrogens with one attached hydrogen (secondary N) is 1. The molecule has 0 radical (unpaired) electrons. The summed E-state index contributed by atoms with van der Waals surface area (Å²) in [7, 11) is 0. The highest BCUT2D eigenvalue weighted by Crippen LogP contribution is 2.31. The summed E-state index contributed by atoms with van der Waals surface area (Å²) < 4.78 is 7.55. The lowest BCUT2D eigenvalue weighted by Gasteiger charge is -2.18. The number of aryl methyl sites for hydroxylation is 2. The van der Waals surface area contributed by atoms with E-state index < -0.39 is 0 Å². The molecule has 36 heavy (non-hydrogen) atoms. The van der Waals surface area contributed by atoms with Gasteiger partial charge in [0.05, 0.1) is 22.8 Å². The van der Waals surface area contributed by atoms with Crippen molar-refractivity contribution in [3.63, 3.8) is 0 Å². The van der Waals surface area contributed by atoms with Crippen LogP contribution < -0.4 is 5.32 Å². The third-order valence-corrected chi connectivity index (χ3v) is 6.82. The van der Waals surface area contributed by atoms with Crippen LogP contribution in [-0.2, 0) is 0 Å². The van der Waals surface area contributed by atoms with E-state index in [0.717, 1.165) is 48.6 Å². The topological polar surface area (TPSA) is 93.3 Å². The molecule has 1 aliphatic heterocycles. The Morgan fingerprint density at radius 1 is 1.06 bits per heavy atom. The molecule has 0 saturated carbocycles. The van der Waals surface area contributed by atoms with Crippen LogP contribution in [0.25, 0.3) is 22.3 Å². The summed E-state index contributed by atoms with van der Waals surface area (Å²) in [5, 5.41) is 8.22. The van der Waals surface area contributed by atoms with Gasteiger partial charge in [-0.15, -0.1) is 0 Å². The Labute approximate surface area is 210 Å². The molecule has 5 rings (SSSR count). The van der Waals surface area contributed by atoms with E-state index in [1.54, 1.807) is 12.3 Å². The minimum absolute atomic E-state index is 0.0127. The minimum atomic E-state index is -0.279. The normalized spacial score (nSPS) is 13.7. The van der Waals surface area contributed by atoms with Gasteiger partial charge in [-0.25, -0.2) is 9.67 Å². The number of hydrogen-bond acceptors (Lipinski definition) is 5. The zero-order valence-corrected chi connectivity index (χ0v) is 21.4. The molecule has 1 saturated heterocycles. The van der Waals surface area contributed by atoms with E-state index in [1.807, 2.05) is 68.5 Å². The van der Waals surface area contributed by atoms with Gasteiger partial charge in [0.1, 0.15) is 11.5 Å². The lowest BCUT2D eigenvalue weighted by Crippen LogP contribution is -2.28. The number of carbonyl (C=O) groups is 2. The van der Waals surface area contributed by atoms with Crippen LogP contribution in [-0.4, -0.2) is 44.6 Å². The quantitative estimate of drug-likeness (QED) is 0.392. The van der Waals surface area contributed by atoms with E-state index in [1.165, 1.54) is 0 Å². The fraction of sp³-hybridized carbons (Fsp3) is 0.357. The zero-order valence-electron chi connectivity index (χ0n) is 21.4. The molecule has 1 fully saturated rings. The lowest BCUT2D eigenvalue weighted by atomic mass is 10.0. The molecular weight excluding hydrogens is 454 g/mol. The van der Waals surface area contributed by atoms with E-state index in [9.17, 15) is 9.59 Å². The number of carbonyl (C=O) groups excluding carboxylic acids is 2. The molecule has 4 aromatic rings. The Balaban J connectivity index is 1.56. The van der Waals surface area contributed by atoms with Crippen LogP contribution in [0.2, 0.25) is 0 Å². The summed E-state index contributed by atoms with van der Waals surface area (Å²) in [5.41, 5.74) is 4.59. The van der Waals surface area contributed by atoms with E-state index in [4.69, 9.17) is 9.40 Å². The van der Waals surface area contributed by atoms with Crippen LogP contribution in [0.4, 0.5) is 5.69 Å². The van der Waals surface area contributed by atoms with Crippen molar-refractivity contribution in [2.24, 2.45) is 0 Å². The fourth-order valence-electron chi connectivity index (χ4n) is 4.89. The average Bonchev–Trinajstić information content (AvgIpc) is 3.59. The second kappa shape index (κ2) is 9.26. The van der Waals surface area contributed by atoms with E-state index in [0.29, 0.717) is 33.5 Å². The molecule has 2 amide bonds. The van der Waals surface area contributed by atoms with Crippen molar-refractivity contribution in [2.75, 3.05) is 18.4 Å². The van der Waals surface area contributed by atoms with Crippen molar-refractivity contribution >= 4 is 28.5 Å². The largest absolute Gasteiger partial charge is 0.466 e. The first-order valence-corrected chi connectivity index (χ1v) is 12.4. The molecular formula is C28H31N5O3. The highest BCUT2D eigenvalue weighted by Gasteiger charge is 2.24. The van der Waals surface area contributed by atoms with Crippen LogP contribution in [0.3, 0.4) is 0 Å². The first-order chi connectivity index (χ1) is 17.2. The van der Waals surface area contributed by atoms with Gasteiger partial charge in [0.2, 0.25) is 0 Å². The number of hydrogen-bond donors (Lipinski definition) is 1. The SMILES string of the molecule is Cc1cc(-c2cc(C(=O)Nc3cccc(C(=O)N4CCCC4)c3C)c3cnn(C(C)C)c3n2)c(C)o1. The first-order valence-electron chi connectivity index (χ1n) is 12.4. The molecule has 8 heteroatoms. The van der Waals surface area contributed by atoms with Crippen LogP contribution in [0.1, 0.15) is 70.5 Å². The monoisotopic (exact) mass is 485 g/mol. The van der Waals surface area contributed by atoms with Gasteiger partial charge in [0, 0.05) is 35.9 Å². The summed E-state index contributed by atoms with van der Waals surface area (Å²) in [6, 6.07) is 9.26. The van der Waals surface area contributed by atoms with Crippen LogP contribution in [0.5, 0.6) is 0 Å². The lowest BCUT2D eigenvalue weighted by molar-refractivity contribution is 0.0791. The van der Waals surface area contributed by atoms with Gasteiger partial charge in [-0.1, -0.05) is 6.07 Å². The van der Waals surface area contributed by atoms with Crippen LogP contribution in [0.15, 0.2) is 40.9 Å². The van der Waals surface area contributed by atoms with Gasteiger partial charge in [-0.3, -0.25) is 9.59 Å². The van der Waals surface area contributed by atoms with Gasteiger partial charge >= 0.3 is 0 Å². The molecule has 0 bridgehead atoms. The number of benzene rings is 1. The highest BCUT2D eigenvalue weighted by molar-refractivity contribution is 6.13. The van der Waals surface area contributed by atoms with Gasteiger partial charge < -0.3 is 14.6 Å². The Kier molecular flexibility index (Phi) is 6.12. The standard InChI is InChI=1S/C28H31N5O3/c1-16(2)33-26-23(15-29-33)22(14-25(30-26)21-13-17(3)36-19(21)5)27(34)31-24-10-8-9-20(18(24)4)28(35)32-11-6-7-12-32/h8-10,13-16H,6-7,11-12H2,1-5H3,(H,31,34). The molecule has 0 unspecified atom stereocenters. The number of furan rings is 1. The third-order valence-electron chi connectivity index (χ3n) is 6.82. The maximum Gasteiger partial charge on any atom is 0.256 e. The number of aromatic nitrogens is 3. The summed E-state index contributed by atoms with van der Waals surface area (Å²) in [6.45, 7) is 11.3. The number of anilines is 1. The predicted octanol–water partition coefficient (Wildman–Crippen LogP) is 5.69. The van der Waals surface area contributed by atoms with Crippen molar-refractivity contribution in [3.05, 3.63) is 64.7 Å². The van der Waals surface area contributed by atoms with E-state index >= 15 is 0 Å². The molecule has 1 N–H and O–H groups in total. The smallest absolute Gasteiger partial charge is 0.256 e. The number of fused-ring (bicyclic) bond motifs is 1. The number of amides is 2. The summed E-state index contributed by atoms with van der Waals surface area (Å²) in [6.07, 6.45) is 3.75. The van der Waals surface area contributed by atoms with Crippen molar-refractivity contribution in [2.45, 2.75) is 53.5 Å². The maximum absolute atomic E-state index is 13.7. The second-order valence-corrected chi connectivity index (χ2v) is 9.73. The van der Waals surface area contributed by atoms with E-state index in [-0.39, 0.29) is 17.9 Å². The van der Waals surface area contributed by atoms with Crippen molar-refractivity contribution < 1.29 is 14.0 Å². The van der Waals surface area contributed by atoms with Crippen molar-refractivity contribution in [1.29, 1.82) is 0 Å². The third kappa shape index (κ3) is 4.17. The molecule has 0 atom stereocenters. The molecule has 0 aliphatic carbocycles. The number of pyridine rings is 1. The first kappa shape index (κ1) is 23.8. The fourth-order valence-corrected chi connectivity index (χ4v) is 4.89. The predicted molar refractivity (Wildman–Crippen MR) is 139 cm³/mol. The Morgan fingerprint density at radius 2 is 1.81 bits per heavy atom. The zero-order chi connectivity index (χ0) is 25.6. The van der Waals surface area contributed by atoms with Crippen molar-refractivity contribution in [1.82, 2.24) is 19.7 Å². The molecule has 4 heterocycles. The van der Waals surface area contributed by atoms with Gasteiger partial charge in [-0.05, 0) is 77.3 Å². The minimum Gasteiger partial charge on any atom is -0.466 e. The van der Waals surface area contributed by atoms with Crippen LogP contribution in [0, 0.1) is 20.8 Å². The Morgan fingerprint density at radius 3 is 2.47 bits per heavy atom. The van der Waals surface area contributed by atoms with Gasteiger partial charge in [0.25, 0.3) is 11.8 Å². The average molecular weight is 486 g/mol. The molecule has 186 valence electrons. The van der Waals surface area contributed by atoms with E-state index in [2.05, 4.69) is 10.4 Å². The summed E-state index contributed by atoms with van der Waals surface area (Å²) in [4.78, 5) is 33.5. The van der Waals surface area contributed by atoms with Gasteiger partial charge in [-0.2, -0.15) is 5.10 Å². The summed E-state index contributed by atoms with van der Waals surface area (Å²) in [5.74, 6) is 1.26.